The zero-order chi connectivity index (χ0) is 14.0. The summed E-state index contributed by atoms with van der Waals surface area (Å²) in [7, 11) is 0. The fourth-order valence-corrected chi connectivity index (χ4v) is 1.90. The fraction of sp³-hybridized carbons (Fsp3) is 0.143. The van der Waals surface area contributed by atoms with E-state index in [1.165, 1.54) is 0 Å². The van der Waals surface area contributed by atoms with Crippen molar-refractivity contribution in [2.24, 2.45) is 0 Å². The first kappa shape index (κ1) is 13.0. The maximum absolute atomic E-state index is 13.3. The van der Waals surface area contributed by atoms with Crippen LogP contribution in [0.3, 0.4) is 0 Å². The van der Waals surface area contributed by atoms with Crippen LogP contribution in [0.1, 0.15) is 27.0 Å². The number of aromatic nitrogens is 1. The molecular formula is C14H13FN2O2. The second-order valence-electron chi connectivity index (χ2n) is 4.33. The minimum atomic E-state index is -1.20. The Balaban J connectivity index is 2.44. The van der Waals surface area contributed by atoms with Gasteiger partial charge in [-0.3, -0.25) is 0 Å². The van der Waals surface area contributed by atoms with Crippen LogP contribution >= 0.6 is 0 Å². The van der Waals surface area contributed by atoms with E-state index in [4.69, 9.17) is 10.8 Å². The van der Waals surface area contributed by atoms with Crippen molar-refractivity contribution in [3.63, 3.8) is 0 Å². The first-order valence-electron chi connectivity index (χ1n) is 5.71. The number of pyridine rings is 1. The molecule has 2 aromatic rings. The van der Waals surface area contributed by atoms with Crippen molar-refractivity contribution < 1.29 is 14.3 Å². The van der Waals surface area contributed by atoms with E-state index < -0.39 is 11.9 Å². The summed E-state index contributed by atoms with van der Waals surface area (Å²) in [4.78, 5) is 14.5. The number of benzene rings is 1. The van der Waals surface area contributed by atoms with Crippen molar-refractivity contribution in [1.82, 2.24) is 4.98 Å². The molecule has 5 heteroatoms. The number of rotatable bonds is 3. The quantitative estimate of drug-likeness (QED) is 0.831. The molecule has 0 aliphatic rings. The molecule has 1 heterocycles. The van der Waals surface area contributed by atoms with Crippen LogP contribution in [0.5, 0.6) is 0 Å². The van der Waals surface area contributed by atoms with Gasteiger partial charge in [0.2, 0.25) is 5.95 Å². The number of carboxylic acid groups (broad SMARTS) is 1. The van der Waals surface area contributed by atoms with Crippen LogP contribution in [-0.4, -0.2) is 16.1 Å². The summed E-state index contributed by atoms with van der Waals surface area (Å²) in [6.07, 6.45) is 0.297. The second-order valence-corrected chi connectivity index (χ2v) is 4.33. The number of hydrogen-bond acceptors (Lipinski definition) is 3. The van der Waals surface area contributed by atoms with Crippen LogP contribution in [0.4, 0.5) is 10.2 Å². The van der Waals surface area contributed by atoms with E-state index in [0.717, 1.165) is 17.2 Å². The summed E-state index contributed by atoms with van der Waals surface area (Å²) < 4.78 is 13.3. The van der Waals surface area contributed by atoms with Gasteiger partial charge in [-0.25, -0.2) is 9.78 Å². The van der Waals surface area contributed by atoms with Gasteiger partial charge in [-0.05, 0) is 30.5 Å². The predicted molar refractivity (Wildman–Crippen MR) is 69.6 cm³/mol. The van der Waals surface area contributed by atoms with Crippen LogP contribution in [0, 0.1) is 12.9 Å². The molecule has 0 spiro atoms. The highest BCUT2D eigenvalue weighted by molar-refractivity contribution is 5.94. The predicted octanol–water partition coefficient (Wildman–Crippen LogP) is 2.40. The molecular weight excluding hydrogens is 247 g/mol. The number of carboxylic acids is 1. The third kappa shape index (κ3) is 2.88. The van der Waals surface area contributed by atoms with E-state index >= 15 is 0 Å². The van der Waals surface area contributed by atoms with Crippen molar-refractivity contribution in [2.75, 3.05) is 5.73 Å². The maximum Gasteiger partial charge on any atom is 0.339 e. The smallest absolute Gasteiger partial charge is 0.339 e. The minimum absolute atomic E-state index is 0.137. The molecule has 0 aliphatic carbocycles. The van der Waals surface area contributed by atoms with E-state index in [1.54, 1.807) is 0 Å². The lowest BCUT2D eigenvalue weighted by molar-refractivity contribution is 0.0696. The zero-order valence-electron chi connectivity index (χ0n) is 10.4. The zero-order valence-corrected chi connectivity index (χ0v) is 10.4. The summed E-state index contributed by atoms with van der Waals surface area (Å²) >= 11 is 0. The van der Waals surface area contributed by atoms with Crippen LogP contribution in [0.2, 0.25) is 0 Å². The Morgan fingerprint density at radius 2 is 2.00 bits per heavy atom. The van der Waals surface area contributed by atoms with E-state index in [9.17, 15) is 9.18 Å². The maximum atomic E-state index is 13.3. The van der Waals surface area contributed by atoms with Crippen molar-refractivity contribution >= 4 is 11.8 Å². The van der Waals surface area contributed by atoms with Crippen LogP contribution in [0.25, 0.3) is 0 Å². The standard InChI is InChI=1S/C14H13FN2O2/c1-8-2-4-9(5-3-8)6-10-7-11(15)17-13(16)12(10)14(18)19/h2-5,7H,6H2,1H3,(H2,16,17)(H,18,19). The summed E-state index contributed by atoms with van der Waals surface area (Å²) in [6, 6.07) is 8.68. The fourth-order valence-electron chi connectivity index (χ4n) is 1.90. The summed E-state index contributed by atoms with van der Waals surface area (Å²) in [5.41, 5.74) is 7.64. The molecule has 3 N–H and O–H groups in total. The molecule has 1 aromatic heterocycles. The van der Waals surface area contributed by atoms with Gasteiger partial charge in [0.05, 0.1) is 0 Å². The van der Waals surface area contributed by atoms with E-state index in [1.807, 2.05) is 31.2 Å². The Morgan fingerprint density at radius 1 is 1.37 bits per heavy atom. The molecule has 19 heavy (non-hydrogen) atoms. The largest absolute Gasteiger partial charge is 0.478 e. The van der Waals surface area contributed by atoms with Gasteiger partial charge in [0.15, 0.2) is 0 Å². The van der Waals surface area contributed by atoms with Gasteiger partial charge in [0, 0.05) is 0 Å². The third-order valence-electron chi connectivity index (χ3n) is 2.83. The molecule has 0 saturated heterocycles. The molecule has 1 aromatic carbocycles. The molecule has 0 fully saturated rings. The number of nitrogens with two attached hydrogens (primary N) is 1. The van der Waals surface area contributed by atoms with Gasteiger partial charge in [-0.2, -0.15) is 4.39 Å². The molecule has 0 unspecified atom stereocenters. The lowest BCUT2D eigenvalue weighted by Crippen LogP contribution is -2.10. The minimum Gasteiger partial charge on any atom is -0.478 e. The first-order valence-corrected chi connectivity index (χ1v) is 5.71. The Morgan fingerprint density at radius 3 is 2.58 bits per heavy atom. The number of halogens is 1. The average Bonchev–Trinajstić information content (AvgIpc) is 2.30. The number of anilines is 1. The number of carbonyl (C=O) groups is 1. The molecule has 0 bridgehead atoms. The van der Waals surface area contributed by atoms with Crippen LogP contribution in [0.15, 0.2) is 30.3 Å². The second kappa shape index (κ2) is 5.06. The highest BCUT2D eigenvalue weighted by atomic mass is 19.1. The lowest BCUT2D eigenvalue weighted by atomic mass is 10.00. The first-order chi connectivity index (χ1) is 8.97. The lowest BCUT2D eigenvalue weighted by Gasteiger charge is -2.09. The van der Waals surface area contributed by atoms with Crippen molar-refractivity contribution in [3.05, 3.63) is 58.5 Å². The van der Waals surface area contributed by atoms with Gasteiger partial charge in [0.25, 0.3) is 0 Å². The monoisotopic (exact) mass is 260 g/mol. The topological polar surface area (TPSA) is 76.2 Å². The van der Waals surface area contributed by atoms with Gasteiger partial charge >= 0.3 is 5.97 Å². The van der Waals surface area contributed by atoms with Gasteiger partial charge in [-0.1, -0.05) is 29.8 Å². The number of aromatic carboxylic acids is 1. The van der Waals surface area contributed by atoms with Gasteiger partial charge in [-0.15, -0.1) is 0 Å². The molecule has 98 valence electrons. The number of aryl methyl sites for hydroxylation is 1. The van der Waals surface area contributed by atoms with E-state index in [2.05, 4.69) is 4.98 Å². The van der Waals surface area contributed by atoms with Crippen LogP contribution in [-0.2, 0) is 6.42 Å². The number of hydrogen-bond donors (Lipinski definition) is 2. The molecule has 0 atom stereocenters. The molecule has 0 radical (unpaired) electrons. The Bertz CT molecular complexity index is 624. The van der Waals surface area contributed by atoms with E-state index in [-0.39, 0.29) is 11.4 Å². The van der Waals surface area contributed by atoms with Crippen molar-refractivity contribution in [3.8, 4) is 0 Å². The highest BCUT2D eigenvalue weighted by Gasteiger charge is 2.17. The summed E-state index contributed by atoms with van der Waals surface area (Å²) in [5.74, 6) is -2.27. The highest BCUT2D eigenvalue weighted by Crippen LogP contribution is 2.20. The Labute approximate surface area is 109 Å². The number of nitrogens with zero attached hydrogens (tertiary/aromatic N) is 1. The normalized spacial score (nSPS) is 10.4. The molecule has 0 saturated carbocycles. The SMILES string of the molecule is Cc1ccc(Cc2cc(F)nc(N)c2C(=O)O)cc1. The Kier molecular flexibility index (Phi) is 3.46. The van der Waals surface area contributed by atoms with Crippen LogP contribution < -0.4 is 5.73 Å². The summed E-state index contributed by atoms with van der Waals surface area (Å²) in [5, 5.41) is 9.12. The van der Waals surface area contributed by atoms with Crippen molar-refractivity contribution in [1.29, 1.82) is 0 Å². The summed E-state index contributed by atoms with van der Waals surface area (Å²) in [6.45, 7) is 1.95. The Hall–Kier alpha value is -2.43. The average molecular weight is 260 g/mol. The molecule has 4 nitrogen and oxygen atoms in total. The number of nitrogen functional groups attached to an aromatic ring is 1. The third-order valence-corrected chi connectivity index (χ3v) is 2.83. The van der Waals surface area contributed by atoms with Gasteiger partial charge < -0.3 is 10.8 Å². The van der Waals surface area contributed by atoms with Crippen molar-refractivity contribution in [2.45, 2.75) is 13.3 Å². The molecule has 0 amide bonds. The van der Waals surface area contributed by atoms with E-state index in [0.29, 0.717) is 12.0 Å². The molecule has 2 rings (SSSR count). The van der Waals surface area contributed by atoms with Gasteiger partial charge in [0.1, 0.15) is 11.4 Å². The molecule has 0 aliphatic heterocycles.